The van der Waals surface area contributed by atoms with Crippen LogP contribution in [0.15, 0.2) is 72.4 Å². The van der Waals surface area contributed by atoms with Gasteiger partial charge in [-0.3, -0.25) is 4.90 Å². The maximum atomic E-state index is 6.01. The quantitative estimate of drug-likeness (QED) is 0.597. The van der Waals surface area contributed by atoms with Gasteiger partial charge in [0.1, 0.15) is 5.65 Å². The largest absolute Gasteiger partial charge is 0.398 e. The molecule has 0 saturated heterocycles. The number of halogens is 1. The Morgan fingerprint density at radius 1 is 1.08 bits per heavy atom. The molecule has 128 valence electrons. The lowest BCUT2D eigenvalue weighted by molar-refractivity contribution is 0.323. The summed E-state index contributed by atoms with van der Waals surface area (Å²) >= 11 is 3.49. The molecule has 4 nitrogen and oxygen atoms in total. The lowest BCUT2D eigenvalue weighted by Gasteiger charge is -2.19. The molecule has 2 N–H and O–H groups in total. The number of anilines is 1. The minimum Gasteiger partial charge on any atom is -0.398 e. The van der Waals surface area contributed by atoms with Gasteiger partial charge in [-0.2, -0.15) is 0 Å². The molecule has 2 aromatic heterocycles. The summed E-state index contributed by atoms with van der Waals surface area (Å²) in [5.41, 5.74) is 10.8. The normalized spacial score (nSPS) is 11.1. The molecule has 0 aliphatic carbocycles. The van der Waals surface area contributed by atoms with Crippen LogP contribution < -0.4 is 5.73 Å². The third-order valence-corrected chi connectivity index (χ3v) is 4.53. The highest BCUT2D eigenvalue weighted by molar-refractivity contribution is 9.10. The van der Waals surface area contributed by atoms with Crippen LogP contribution in [0.1, 0.15) is 5.69 Å². The maximum absolute atomic E-state index is 6.01. The highest BCUT2D eigenvalue weighted by Gasteiger charge is 2.16. The van der Waals surface area contributed by atoms with Gasteiger partial charge in [0.15, 0.2) is 0 Å². The smallest absolute Gasteiger partial charge is 0.137 e. The van der Waals surface area contributed by atoms with Crippen molar-refractivity contribution < 1.29 is 0 Å². The van der Waals surface area contributed by atoms with Crippen LogP contribution in [0.5, 0.6) is 0 Å². The Kier molecular flexibility index (Phi) is 5.36. The molecular weight excluding hydrogens is 376 g/mol. The van der Waals surface area contributed by atoms with E-state index in [2.05, 4.69) is 50.5 Å². The molecule has 0 aliphatic rings. The molecule has 0 unspecified atom stereocenters. The highest BCUT2D eigenvalue weighted by atomic mass is 79.9. The first-order valence-electron chi connectivity index (χ1n) is 8.09. The number of rotatable bonds is 7. The van der Waals surface area contributed by atoms with Gasteiger partial charge in [-0.25, -0.2) is 4.98 Å². The van der Waals surface area contributed by atoms with E-state index in [-0.39, 0.29) is 0 Å². The number of pyridine rings is 1. The Hall–Kier alpha value is -2.37. The van der Waals surface area contributed by atoms with E-state index in [0.29, 0.717) is 5.69 Å². The van der Waals surface area contributed by atoms with Crippen molar-refractivity contribution in [3.8, 4) is 11.3 Å². The monoisotopic (exact) mass is 396 g/mol. The van der Waals surface area contributed by atoms with E-state index in [1.165, 1.54) is 0 Å². The average molecular weight is 397 g/mol. The zero-order valence-corrected chi connectivity index (χ0v) is 15.6. The van der Waals surface area contributed by atoms with Gasteiger partial charge in [0, 0.05) is 41.6 Å². The molecule has 0 atom stereocenters. The Morgan fingerprint density at radius 2 is 1.76 bits per heavy atom. The molecule has 0 bridgehead atoms. The SMILES string of the molecule is C=CCN(CC=C)Cc1c(-c2ccc(Br)cc2)nc2ccc(N)cn12. The van der Waals surface area contributed by atoms with Crippen molar-refractivity contribution in [1.82, 2.24) is 14.3 Å². The van der Waals surface area contributed by atoms with E-state index in [4.69, 9.17) is 10.7 Å². The van der Waals surface area contributed by atoms with Crippen LogP contribution in [-0.2, 0) is 6.54 Å². The first-order chi connectivity index (χ1) is 12.1. The predicted molar refractivity (Wildman–Crippen MR) is 108 cm³/mol. The van der Waals surface area contributed by atoms with Crippen molar-refractivity contribution in [1.29, 1.82) is 0 Å². The Morgan fingerprint density at radius 3 is 2.40 bits per heavy atom. The van der Waals surface area contributed by atoms with Gasteiger partial charge in [0.2, 0.25) is 0 Å². The maximum Gasteiger partial charge on any atom is 0.137 e. The van der Waals surface area contributed by atoms with Gasteiger partial charge in [-0.05, 0) is 24.3 Å². The summed E-state index contributed by atoms with van der Waals surface area (Å²) in [6.45, 7) is 10.00. The number of nitrogens with zero attached hydrogens (tertiary/aromatic N) is 3. The molecule has 0 radical (unpaired) electrons. The van der Waals surface area contributed by atoms with Crippen LogP contribution in [0, 0.1) is 0 Å². The zero-order valence-electron chi connectivity index (χ0n) is 14.0. The van der Waals surface area contributed by atoms with Crippen LogP contribution in [0.4, 0.5) is 5.69 Å². The van der Waals surface area contributed by atoms with Gasteiger partial charge in [0.05, 0.1) is 11.4 Å². The summed E-state index contributed by atoms with van der Waals surface area (Å²) in [4.78, 5) is 7.10. The highest BCUT2D eigenvalue weighted by Crippen LogP contribution is 2.27. The number of fused-ring (bicyclic) bond motifs is 1. The van der Waals surface area contributed by atoms with Crippen LogP contribution in [0.2, 0.25) is 0 Å². The topological polar surface area (TPSA) is 46.6 Å². The summed E-state index contributed by atoms with van der Waals surface area (Å²) in [6, 6.07) is 12.0. The summed E-state index contributed by atoms with van der Waals surface area (Å²) in [7, 11) is 0. The summed E-state index contributed by atoms with van der Waals surface area (Å²) < 4.78 is 3.12. The lowest BCUT2D eigenvalue weighted by Crippen LogP contribution is -2.24. The summed E-state index contributed by atoms with van der Waals surface area (Å²) in [5.74, 6) is 0. The number of aromatic nitrogens is 2. The standard InChI is InChI=1S/C20H21BrN4/c1-3-11-24(12-4-2)14-18-20(15-5-7-16(21)8-6-15)23-19-10-9-17(22)13-25(18)19/h3-10,13H,1-2,11-12,14,22H2. The second kappa shape index (κ2) is 7.68. The second-order valence-corrected chi connectivity index (χ2v) is 6.79. The van der Waals surface area contributed by atoms with Crippen molar-refractivity contribution in [3.05, 3.63) is 78.1 Å². The summed E-state index contributed by atoms with van der Waals surface area (Å²) in [6.07, 6.45) is 5.74. The Labute approximate surface area is 156 Å². The van der Waals surface area contributed by atoms with Gasteiger partial charge in [0.25, 0.3) is 0 Å². The molecule has 5 heteroatoms. The molecule has 0 spiro atoms. The molecule has 0 amide bonds. The van der Waals surface area contributed by atoms with E-state index in [9.17, 15) is 0 Å². The van der Waals surface area contributed by atoms with Crippen LogP contribution in [-0.4, -0.2) is 27.4 Å². The fourth-order valence-electron chi connectivity index (χ4n) is 2.88. The van der Waals surface area contributed by atoms with Crippen molar-refractivity contribution >= 4 is 27.3 Å². The van der Waals surface area contributed by atoms with E-state index in [1.54, 1.807) is 0 Å². The Balaban J connectivity index is 2.13. The van der Waals surface area contributed by atoms with Crippen LogP contribution >= 0.6 is 15.9 Å². The van der Waals surface area contributed by atoms with Gasteiger partial charge in [-0.15, -0.1) is 13.2 Å². The van der Waals surface area contributed by atoms with Crippen molar-refractivity contribution in [2.24, 2.45) is 0 Å². The molecule has 3 aromatic rings. The number of imidazole rings is 1. The Bertz CT molecular complexity index is 886. The molecule has 2 heterocycles. The molecule has 1 aromatic carbocycles. The number of nitrogens with two attached hydrogens (primary N) is 1. The fourth-order valence-corrected chi connectivity index (χ4v) is 3.14. The van der Waals surface area contributed by atoms with E-state index in [0.717, 1.165) is 46.7 Å². The minimum atomic E-state index is 0.715. The first-order valence-corrected chi connectivity index (χ1v) is 8.88. The van der Waals surface area contributed by atoms with Gasteiger partial charge in [-0.1, -0.05) is 40.2 Å². The average Bonchev–Trinajstić information content (AvgIpc) is 2.94. The van der Waals surface area contributed by atoms with Crippen LogP contribution in [0.25, 0.3) is 16.9 Å². The van der Waals surface area contributed by atoms with Crippen molar-refractivity contribution in [3.63, 3.8) is 0 Å². The predicted octanol–water partition coefficient (Wildman–Crippen LogP) is 4.52. The molecular formula is C20H21BrN4. The fraction of sp³-hybridized carbons (Fsp3) is 0.150. The molecule has 3 rings (SSSR count). The molecule has 0 saturated carbocycles. The van der Waals surface area contributed by atoms with Crippen molar-refractivity contribution in [2.75, 3.05) is 18.8 Å². The number of hydrogen-bond acceptors (Lipinski definition) is 3. The number of benzene rings is 1. The molecule has 0 aliphatic heterocycles. The third-order valence-electron chi connectivity index (χ3n) is 4.01. The van der Waals surface area contributed by atoms with E-state index >= 15 is 0 Å². The lowest BCUT2D eigenvalue weighted by atomic mass is 10.1. The molecule has 25 heavy (non-hydrogen) atoms. The first kappa shape index (κ1) is 17.5. The summed E-state index contributed by atoms with van der Waals surface area (Å²) in [5, 5.41) is 0. The van der Waals surface area contributed by atoms with Crippen molar-refractivity contribution in [2.45, 2.75) is 6.54 Å². The number of hydrogen-bond donors (Lipinski definition) is 1. The number of nitrogen functional groups attached to an aromatic ring is 1. The minimum absolute atomic E-state index is 0.715. The van der Waals surface area contributed by atoms with Gasteiger partial charge >= 0.3 is 0 Å². The van der Waals surface area contributed by atoms with E-state index < -0.39 is 0 Å². The van der Waals surface area contributed by atoms with Gasteiger partial charge < -0.3 is 10.1 Å². The van der Waals surface area contributed by atoms with Crippen LogP contribution in [0.3, 0.4) is 0 Å². The molecule has 0 fully saturated rings. The second-order valence-electron chi connectivity index (χ2n) is 5.88. The van der Waals surface area contributed by atoms with E-state index in [1.807, 2.05) is 42.6 Å². The third kappa shape index (κ3) is 3.83. The zero-order chi connectivity index (χ0) is 17.8.